The first-order valence-corrected chi connectivity index (χ1v) is 6.15. The summed E-state index contributed by atoms with van der Waals surface area (Å²) in [6.45, 7) is 4.75. The highest BCUT2D eigenvalue weighted by atomic mass is 19.4. The molecule has 106 valence electrons. The van der Waals surface area contributed by atoms with Gasteiger partial charge in [-0.25, -0.2) is 4.79 Å². The molecule has 0 aliphatic heterocycles. The Hall–Kier alpha value is -0.780. The first-order valence-electron chi connectivity index (χ1n) is 6.15. The van der Waals surface area contributed by atoms with E-state index in [9.17, 15) is 18.0 Å². The first kappa shape index (κ1) is 15.3. The largest absolute Gasteiger partial charge is 0.480 e. The van der Waals surface area contributed by atoms with Crippen LogP contribution in [-0.4, -0.2) is 28.8 Å². The Morgan fingerprint density at radius 2 is 1.78 bits per heavy atom. The first-order chi connectivity index (χ1) is 8.08. The predicted molar refractivity (Wildman–Crippen MR) is 61.2 cm³/mol. The molecule has 0 saturated heterocycles. The Balaban J connectivity index is 2.78. The van der Waals surface area contributed by atoms with Crippen molar-refractivity contribution in [2.24, 2.45) is 11.8 Å². The van der Waals surface area contributed by atoms with Crippen LogP contribution in [-0.2, 0) is 4.79 Å². The molecule has 0 amide bonds. The summed E-state index contributed by atoms with van der Waals surface area (Å²) < 4.78 is 38.5. The number of carboxylic acids is 1. The molecule has 0 heterocycles. The topological polar surface area (TPSA) is 49.3 Å². The minimum absolute atomic E-state index is 0.308. The summed E-state index contributed by atoms with van der Waals surface area (Å²) in [7, 11) is 0. The van der Waals surface area contributed by atoms with Crippen molar-refractivity contribution < 1.29 is 23.1 Å². The van der Waals surface area contributed by atoms with Gasteiger partial charge in [0.15, 0.2) is 0 Å². The number of hydrogen-bond acceptors (Lipinski definition) is 2. The highest BCUT2D eigenvalue weighted by Crippen LogP contribution is 2.35. The number of alkyl halides is 3. The van der Waals surface area contributed by atoms with E-state index in [0.29, 0.717) is 31.6 Å². The Morgan fingerprint density at radius 1 is 1.22 bits per heavy atom. The molecule has 4 unspecified atom stereocenters. The quantitative estimate of drug-likeness (QED) is 0.826. The van der Waals surface area contributed by atoms with Crippen LogP contribution in [0.5, 0.6) is 0 Å². The van der Waals surface area contributed by atoms with E-state index in [4.69, 9.17) is 5.11 Å². The molecular weight excluding hydrogens is 247 g/mol. The normalized spacial score (nSPS) is 32.9. The monoisotopic (exact) mass is 267 g/mol. The van der Waals surface area contributed by atoms with Crippen molar-refractivity contribution in [2.75, 3.05) is 0 Å². The van der Waals surface area contributed by atoms with Gasteiger partial charge in [-0.2, -0.15) is 13.2 Å². The third-order valence-electron chi connectivity index (χ3n) is 4.09. The Kier molecular flexibility index (Phi) is 4.30. The van der Waals surface area contributed by atoms with Crippen LogP contribution in [0, 0.1) is 11.8 Å². The van der Waals surface area contributed by atoms with Crippen LogP contribution in [0.15, 0.2) is 0 Å². The fraction of sp³-hybridized carbons (Fsp3) is 0.917. The van der Waals surface area contributed by atoms with Crippen LogP contribution in [0.3, 0.4) is 0 Å². The van der Waals surface area contributed by atoms with E-state index >= 15 is 0 Å². The molecule has 3 nitrogen and oxygen atoms in total. The van der Waals surface area contributed by atoms with Gasteiger partial charge in [0.05, 0.1) is 0 Å². The summed E-state index contributed by atoms with van der Waals surface area (Å²) in [4.78, 5) is 10.9. The zero-order chi connectivity index (χ0) is 14.1. The highest BCUT2D eigenvalue weighted by Gasteiger charge is 2.58. The lowest BCUT2D eigenvalue weighted by Crippen LogP contribution is -2.63. The fourth-order valence-corrected chi connectivity index (χ4v) is 2.35. The molecule has 0 radical (unpaired) electrons. The molecule has 0 bridgehead atoms. The van der Waals surface area contributed by atoms with Gasteiger partial charge in [-0.3, -0.25) is 5.32 Å². The second-order valence-electron chi connectivity index (χ2n) is 5.54. The molecule has 1 rings (SSSR count). The SMILES string of the molecule is CC1CCC(NC(C)(C(=O)O)C(F)(F)F)CC1C. The average molecular weight is 267 g/mol. The number of carboxylic acid groups (broad SMARTS) is 1. The number of nitrogens with one attached hydrogen (secondary N) is 1. The van der Waals surface area contributed by atoms with Gasteiger partial charge in [-0.1, -0.05) is 13.8 Å². The fourth-order valence-electron chi connectivity index (χ4n) is 2.35. The Labute approximate surface area is 105 Å². The lowest BCUT2D eigenvalue weighted by atomic mass is 9.78. The van der Waals surface area contributed by atoms with E-state index in [0.717, 1.165) is 6.42 Å². The third-order valence-corrected chi connectivity index (χ3v) is 4.09. The zero-order valence-electron chi connectivity index (χ0n) is 10.8. The summed E-state index contributed by atoms with van der Waals surface area (Å²) >= 11 is 0. The van der Waals surface area contributed by atoms with E-state index in [2.05, 4.69) is 12.2 Å². The number of halogens is 3. The summed E-state index contributed by atoms with van der Waals surface area (Å²) in [6.07, 6.45) is -2.80. The molecule has 0 aromatic rings. The smallest absolute Gasteiger partial charge is 0.417 e. The summed E-state index contributed by atoms with van der Waals surface area (Å²) in [5.41, 5.74) is -2.86. The van der Waals surface area contributed by atoms with Crippen molar-refractivity contribution in [3.05, 3.63) is 0 Å². The van der Waals surface area contributed by atoms with Crippen LogP contribution >= 0.6 is 0 Å². The van der Waals surface area contributed by atoms with Crippen molar-refractivity contribution in [3.8, 4) is 0 Å². The van der Waals surface area contributed by atoms with Gasteiger partial charge in [0, 0.05) is 6.04 Å². The number of rotatable bonds is 3. The molecule has 4 atom stereocenters. The molecule has 1 aliphatic carbocycles. The third kappa shape index (κ3) is 2.96. The Morgan fingerprint density at radius 3 is 2.17 bits per heavy atom. The Bertz CT molecular complexity index is 319. The maximum Gasteiger partial charge on any atom is 0.417 e. The lowest BCUT2D eigenvalue weighted by molar-refractivity contribution is -0.208. The lowest BCUT2D eigenvalue weighted by Gasteiger charge is -2.38. The minimum Gasteiger partial charge on any atom is -0.480 e. The van der Waals surface area contributed by atoms with E-state index < -0.39 is 17.7 Å². The number of hydrogen-bond donors (Lipinski definition) is 2. The maximum atomic E-state index is 12.8. The molecule has 6 heteroatoms. The van der Waals surface area contributed by atoms with Crippen molar-refractivity contribution in [2.45, 2.75) is 57.8 Å². The van der Waals surface area contributed by atoms with Crippen LogP contribution in [0.2, 0.25) is 0 Å². The van der Waals surface area contributed by atoms with Crippen molar-refractivity contribution in [1.82, 2.24) is 5.32 Å². The van der Waals surface area contributed by atoms with E-state index in [-0.39, 0.29) is 6.04 Å². The molecular formula is C12H20F3NO2. The number of carbonyl (C=O) groups is 1. The second kappa shape index (κ2) is 5.07. The summed E-state index contributed by atoms with van der Waals surface area (Å²) in [5, 5.41) is 11.1. The highest BCUT2D eigenvalue weighted by molar-refractivity contribution is 5.79. The van der Waals surface area contributed by atoms with Crippen LogP contribution in [0.4, 0.5) is 13.2 Å². The second-order valence-corrected chi connectivity index (χ2v) is 5.54. The summed E-state index contributed by atoms with van der Waals surface area (Å²) in [5.74, 6) is -1.09. The van der Waals surface area contributed by atoms with Gasteiger partial charge >= 0.3 is 12.1 Å². The van der Waals surface area contributed by atoms with E-state index in [1.54, 1.807) is 0 Å². The standard InChI is InChI=1S/C12H20F3NO2/c1-7-4-5-9(6-8(7)2)16-11(3,10(17)18)12(13,14)15/h7-9,16H,4-6H2,1-3H3,(H,17,18). The molecule has 1 saturated carbocycles. The van der Waals surface area contributed by atoms with E-state index in [1.807, 2.05) is 6.92 Å². The summed E-state index contributed by atoms with van der Waals surface area (Å²) in [6, 6.07) is -0.390. The van der Waals surface area contributed by atoms with Crippen LogP contribution < -0.4 is 5.32 Å². The van der Waals surface area contributed by atoms with Crippen LogP contribution in [0.1, 0.15) is 40.0 Å². The molecule has 0 spiro atoms. The molecule has 1 fully saturated rings. The van der Waals surface area contributed by atoms with Gasteiger partial charge in [-0.15, -0.1) is 0 Å². The molecule has 0 aromatic carbocycles. The van der Waals surface area contributed by atoms with Gasteiger partial charge in [0.2, 0.25) is 5.54 Å². The van der Waals surface area contributed by atoms with Crippen molar-refractivity contribution in [3.63, 3.8) is 0 Å². The van der Waals surface area contributed by atoms with Gasteiger partial charge in [0.1, 0.15) is 0 Å². The van der Waals surface area contributed by atoms with Crippen molar-refractivity contribution >= 4 is 5.97 Å². The van der Waals surface area contributed by atoms with Crippen LogP contribution in [0.25, 0.3) is 0 Å². The van der Waals surface area contributed by atoms with Crippen molar-refractivity contribution in [1.29, 1.82) is 0 Å². The minimum atomic E-state index is -4.80. The molecule has 0 aromatic heterocycles. The maximum absolute atomic E-state index is 12.8. The van der Waals surface area contributed by atoms with Gasteiger partial charge < -0.3 is 5.11 Å². The van der Waals surface area contributed by atoms with Gasteiger partial charge in [0.25, 0.3) is 0 Å². The van der Waals surface area contributed by atoms with Gasteiger partial charge in [-0.05, 0) is 38.0 Å². The predicted octanol–water partition coefficient (Wildman–Crippen LogP) is 2.81. The average Bonchev–Trinajstić information content (AvgIpc) is 2.21. The van der Waals surface area contributed by atoms with E-state index in [1.165, 1.54) is 0 Å². The zero-order valence-corrected chi connectivity index (χ0v) is 10.8. The number of aliphatic carboxylic acids is 1. The molecule has 1 aliphatic rings. The molecule has 2 N–H and O–H groups in total. The molecule has 18 heavy (non-hydrogen) atoms.